The fraction of sp³-hybridized carbons (Fsp3) is 0.0714. The Morgan fingerprint density at radius 3 is 2.29 bits per heavy atom. The van der Waals surface area contributed by atoms with Crippen LogP contribution in [0, 0.1) is 11.6 Å². The van der Waals surface area contributed by atoms with Gasteiger partial charge in [0.05, 0.1) is 5.69 Å². The molecular weight excluding hydrogens is 322 g/mol. The summed E-state index contributed by atoms with van der Waals surface area (Å²) in [5.41, 5.74) is -1.36. The molecule has 0 spiro atoms. The summed E-state index contributed by atoms with van der Waals surface area (Å²) in [6.45, 7) is 0. The number of nitrogens with zero attached hydrogens (tertiary/aromatic N) is 5. The number of aliphatic hydroxyl groups excluding tert-OH is 1. The number of nitrogens with two attached hydrogens (primary N) is 1. The van der Waals surface area contributed by atoms with E-state index < -0.39 is 29.4 Å². The number of tetrazole rings is 1. The first kappa shape index (κ1) is 15.8. The Bertz CT molecular complexity index is 891. The van der Waals surface area contributed by atoms with Crippen LogP contribution in [0.4, 0.5) is 14.5 Å². The Balaban J connectivity index is 2.00. The van der Waals surface area contributed by atoms with Gasteiger partial charge in [-0.05, 0) is 34.7 Å². The van der Waals surface area contributed by atoms with Gasteiger partial charge in [-0.15, -0.1) is 4.68 Å². The summed E-state index contributed by atoms with van der Waals surface area (Å²) in [6, 6.07) is 11.4. The lowest BCUT2D eigenvalue weighted by Gasteiger charge is -2.23. The lowest BCUT2D eigenvalue weighted by molar-refractivity contribution is 0.0802. The zero-order valence-corrected chi connectivity index (χ0v) is 12.1. The third-order valence-electron chi connectivity index (χ3n) is 3.27. The summed E-state index contributed by atoms with van der Waals surface area (Å²) in [4.78, 5) is 12.3. The molecular formula is C14H12F2N6O2. The van der Waals surface area contributed by atoms with Crippen LogP contribution in [0.3, 0.4) is 0 Å². The van der Waals surface area contributed by atoms with Crippen molar-refractivity contribution in [3.8, 4) is 5.69 Å². The van der Waals surface area contributed by atoms with Crippen molar-refractivity contribution in [2.75, 3.05) is 5.01 Å². The van der Waals surface area contributed by atoms with Gasteiger partial charge in [-0.3, -0.25) is 5.01 Å². The minimum absolute atomic E-state index is 0.392. The third kappa shape index (κ3) is 2.64. The SMILES string of the molecule is NN(c1ccccc1)C(O)n1nnn(-c2c(F)cccc2F)c1=O. The van der Waals surface area contributed by atoms with Crippen LogP contribution in [-0.4, -0.2) is 24.9 Å². The molecule has 1 atom stereocenters. The van der Waals surface area contributed by atoms with Crippen LogP contribution in [0.25, 0.3) is 5.69 Å². The number of aliphatic hydroxyl groups is 1. The number of hydrazine groups is 1. The molecule has 0 aliphatic heterocycles. The van der Waals surface area contributed by atoms with E-state index in [2.05, 4.69) is 10.4 Å². The Labute approximate surface area is 133 Å². The van der Waals surface area contributed by atoms with Crippen molar-refractivity contribution < 1.29 is 13.9 Å². The molecule has 8 nitrogen and oxygen atoms in total. The number of hydrogen-bond donors (Lipinski definition) is 2. The molecule has 0 amide bonds. The maximum atomic E-state index is 13.8. The predicted octanol–water partition coefficient (Wildman–Crippen LogP) is 0.536. The summed E-state index contributed by atoms with van der Waals surface area (Å²) >= 11 is 0. The fourth-order valence-corrected chi connectivity index (χ4v) is 2.08. The van der Waals surface area contributed by atoms with Crippen LogP contribution >= 0.6 is 0 Å². The quantitative estimate of drug-likeness (QED) is 0.410. The largest absolute Gasteiger partial charge is 0.372 e. The summed E-state index contributed by atoms with van der Waals surface area (Å²) in [6.07, 6.45) is -1.72. The second-order valence-corrected chi connectivity index (χ2v) is 4.78. The van der Waals surface area contributed by atoms with Crippen LogP contribution in [0.1, 0.15) is 6.35 Å². The first-order chi connectivity index (χ1) is 11.5. The van der Waals surface area contributed by atoms with Crippen molar-refractivity contribution in [3.05, 3.63) is 70.6 Å². The molecule has 3 rings (SSSR count). The van der Waals surface area contributed by atoms with E-state index in [0.29, 0.717) is 15.1 Å². The fourth-order valence-electron chi connectivity index (χ4n) is 2.08. The van der Waals surface area contributed by atoms with Gasteiger partial charge in [0, 0.05) is 0 Å². The zero-order chi connectivity index (χ0) is 17.3. The molecule has 1 aromatic heterocycles. The molecule has 1 unspecified atom stereocenters. The Hall–Kier alpha value is -3.11. The molecule has 0 saturated heterocycles. The lowest BCUT2D eigenvalue weighted by atomic mass is 10.3. The highest BCUT2D eigenvalue weighted by atomic mass is 19.1. The number of aromatic nitrogens is 4. The second-order valence-electron chi connectivity index (χ2n) is 4.78. The Morgan fingerprint density at radius 1 is 1.04 bits per heavy atom. The lowest BCUT2D eigenvalue weighted by Crippen LogP contribution is -2.43. The average Bonchev–Trinajstić information content (AvgIpc) is 2.96. The van der Waals surface area contributed by atoms with Crippen molar-refractivity contribution in [1.82, 2.24) is 19.8 Å². The summed E-state index contributed by atoms with van der Waals surface area (Å²) < 4.78 is 28.5. The van der Waals surface area contributed by atoms with E-state index >= 15 is 0 Å². The van der Waals surface area contributed by atoms with E-state index in [-0.39, 0.29) is 0 Å². The summed E-state index contributed by atoms with van der Waals surface area (Å²) in [7, 11) is 0. The van der Waals surface area contributed by atoms with Crippen LogP contribution in [-0.2, 0) is 0 Å². The van der Waals surface area contributed by atoms with E-state index in [4.69, 9.17) is 5.84 Å². The highest BCUT2D eigenvalue weighted by Crippen LogP contribution is 2.17. The maximum absolute atomic E-state index is 13.8. The van der Waals surface area contributed by atoms with Crippen LogP contribution < -0.4 is 16.5 Å². The first-order valence-corrected chi connectivity index (χ1v) is 6.76. The van der Waals surface area contributed by atoms with Crippen LogP contribution in [0.15, 0.2) is 53.3 Å². The van der Waals surface area contributed by atoms with Gasteiger partial charge < -0.3 is 5.11 Å². The first-order valence-electron chi connectivity index (χ1n) is 6.76. The number of para-hydroxylation sites is 2. The molecule has 3 N–H and O–H groups in total. The molecule has 24 heavy (non-hydrogen) atoms. The van der Waals surface area contributed by atoms with Gasteiger partial charge >= 0.3 is 5.69 Å². The summed E-state index contributed by atoms with van der Waals surface area (Å²) in [5, 5.41) is 17.9. The summed E-state index contributed by atoms with van der Waals surface area (Å²) in [5.74, 6) is 3.76. The van der Waals surface area contributed by atoms with Crippen LogP contribution in [0.5, 0.6) is 0 Å². The third-order valence-corrected chi connectivity index (χ3v) is 3.27. The minimum Gasteiger partial charge on any atom is -0.354 e. The number of benzene rings is 2. The minimum atomic E-state index is -1.72. The van der Waals surface area contributed by atoms with Gasteiger partial charge in [-0.2, -0.15) is 4.68 Å². The molecule has 2 aromatic carbocycles. The Kier molecular flexibility index (Phi) is 4.06. The number of hydrogen-bond acceptors (Lipinski definition) is 6. The number of anilines is 1. The molecule has 0 bridgehead atoms. The smallest absolute Gasteiger partial charge is 0.354 e. The van der Waals surface area contributed by atoms with Gasteiger partial charge in [0.1, 0.15) is 5.69 Å². The van der Waals surface area contributed by atoms with Crippen molar-refractivity contribution in [2.45, 2.75) is 6.35 Å². The second kappa shape index (κ2) is 6.18. The standard InChI is InChI=1S/C14H12F2N6O2/c15-10-7-4-8-11(16)12(10)21-14(24)22(19-18-21)13(23)20(17)9-5-2-1-3-6-9/h1-8,13,23H,17H2. The maximum Gasteiger partial charge on any atom is 0.372 e. The van der Waals surface area contributed by atoms with Crippen molar-refractivity contribution in [3.63, 3.8) is 0 Å². The van der Waals surface area contributed by atoms with E-state index in [1.54, 1.807) is 30.3 Å². The van der Waals surface area contributed by atoms with Gasteiger partial charge in [-0.1, -0.05) is 24.3 Å². The van der Waals surface area contributed by atoms with Crippen molar-refractivity contribution in [1.29, 1.82) is 0 Å². The monoisotopic (exact) mass is 334 g/mol. The molecule has 124 valence electrons. The number of rotatable bonds is 4. The number of halogens is 2. The highest BCUT2D eigenvalue weighted by Gasteiger charge is 2.23. The van der Waals surface area contributed by atoms with E-state index in [0.717, 1.165) is 23.2 Å². The van der Waals surface area contributed by atoms with Gasteiger partial charge in [0.25, 0.3) is 0 Å². The Morgan fingerprint density at radius 2 is 1.67 bits per heavy atom. The van der Waals surface area contributed by atoms with E-state index in [1.165, 1.54) is 0 Å². The molecule has 0 saturated carbocycles. The molecule has 0 aliphatic carbocycles. The van der Waals surface area contributed by atoms with E-state index in [1.807, 2.05) is 0 Å². The van der Waals surface area contributed by atoms with Crippen molar-refractivity contribution >= 4 is 5.69 Å². The molecule has 0 aliphatic rings. The van der Waals surface area contributed by atoms with Crippen molar-refractivity contribution in [2.24, 2.45) is 5.84 Å². The van der Waals surface area contributed by atoms with Crippen LogP contribution in [0.2, 0.25) is 0 Å². The van der Waals surface area contributed by atoms with E-state index in [9.17, 15) is 18.7 Å². The highest BCUT2D eigenvalue weighted by molar-refractivity contribution is 5.44. The predicted molar refractivity (Wildman–Crippen MR) is 79.9 cm³/mol. The zero-order valence-electron chi connectivity index (χ0n) is 12.1. The molecule has 10 heteroatoms. The average molecular weight is 334 g/mol. The molecule has 0 fully saturated rings. The van der Waals surface area contributed by atoms with Gasteiger partial charge in [0.15, 0.2) is 11.6 Å². The normalized spacial score (nSPS) is 12.2. The van der Waals surface area contributed by atoms with Gasteiger partial charge in [0.2, 0.25) is 6.35 Å². The topological polar surface area (TPSA) is 102 Å². The van der Waals surface area contributed by atoms with Gasteiger partial charge in [-0.25, -0.2) is 19.4 Å². The molecule has 3 aromatic rings. The molecule has 1 heterocycles. The molecule has 0 radical (unpaired) electrons.